The number of amides is 2. The zero-order valence-electron chi connectivity index (χ0n) is 16.1. The Bertz CT molecular complexity index is 643. The Morgan fingerprint density at radius 1 is 1.12 bits per heavy atom. The smallest absolute Gasteiger partial charge is 0.243 e. The van der Waals surface area contributed by atoms with Gasteiger partial charge >= 0.3 is 0 Å². The van der Waals surface area contributed by atoms with E-state index in [4.69, 9.17) is 0 Å². The fourth-order valence-corrected chi connectivity index (χ4v) is 2.81. The van der Waals surface area contributed by atoms with Gasteiger partial charge in [0.2, 0.25) is 11.8 Å². The number of aliphatic imine (C=N–C) groups is 1. The molecule has 142 valence electrons. The van der Waals surface area contributed by atoms with Crippen LogP contribution in [0.3, 0.4) is 0 Å². The molecule has 1 N–H and O–H groups in total. The Kier molecular flexibility index (Phi) is 7.00. The third kappa shape index (κ3) is 5.47. The SMILES string of the molecule is CN(C)C(=O)CN=C(NCC(=O)N(C)C)N1CCC(c2ccccc2)C1. The van der Waals surface area contributed by atoms with Crippen molar-refractivity contribution in [1.29, 1.82) is 0 Å². The third-order valence-corrected chi connectivity index (χ3v) is 4.52. The number of likely N-dealkylation sites (N-methyl/N-ethyl adjacent to an activating group) is 2. The Labute approximate surface area is 155 Å². The molecule has 0 aliphatic carbocycles. The van der Waals surface area contributed by atoms with Crippen LogP contribution in [0.15, 0.2) is 35.3 Å². The number of carbonyl (C=O) groups excluding carboxylic acids is 2. The Balaban J connectivity index is 2.06. The molecule has 7 heteroatoms. The van der Waals surface area contributed by atoms with Crippen molar-refractivity contribution < 1.29 is 9.59 Å². The quantitative estimate of drug-likeness (QED) is 0.617. The lowest BCUT2D eigenvalue weighted by molar-refractivity contribution is -0.127. The summed E-state index contributed by atoms with van der Waals surface area (Å²) in [5.74, 6) is 0.948. The van der Waals surface area contributed by atoms with E-state index in [-0.39, 0.29) is 24.9 Å². The van der Waals surface area contributed by atoms with Gasteiger partial charge < -0.3 is 20.0 Å². The fraction of sp³-hybridized carbons (Fsp3) is 0.526. The van der Waals surface area contributed by atoms with Gasteiger partial charge in [0.1, 0.15) is 6.54 Å². The normalized spacial score (nSPS) is 17.2. The van der Waals surface area contributed by atoms with E-state index in [1.165, 1.54) is 15.4 Å². The molecular weight excluding hydrogens is 330 g/mol. The molecule has 0 radical (unpaired) electrons. The summed E-state index contributed by atoms with van der Waals surface area (Å²) in [4.78, 5) is 33.4. The van der Waals surface area contributed by atoms with Gasteiger partial charge in [-0.1, -0.05) is 30.3 Å². The van der Waals surface area contributed by atoms with E-state index in [0.29, 0.717) is 11.9 Å². The van der Waals surface area contributed by atoms with Crippen LogP contribution in [-0.4, -0.2) is 86.8 Å². The first-order chi connectivity index (χ1) is 12.4. The molecule has 0 spiro atoms. The molecule has 1 aromatic rings. The topological polar surface area (TPSA) is 68.2 Å². The lowest BCUT2D eigenvalue weighted by Crippen LogP contribution is -2.45. The van der Waals surface area contributed by atoms with Crippen molar-refractivity contribution in [2.75, 3.05) is 54.4 Å². The van der Waals surface area contributed by atoms with Crippen molar-refractivity contribution in [3.63, 3.8) is 0 Å². The van der Waals surface area contributed by atoms with Crippen LogP contribution in [0.2, 0.25) is 0 Å². The van der Waals surface area contributed by atoms with Gasteiger partial charge in [-0.3, -0.25) is 9.59 Å². The van der Waals surface area contributed by atoms with E-state index < -0.39 is 0 Å². The van der Waals surface area contributed by atoms with E-state index >= 15 is 0 Å². The van der Waals surface area contributed by atoms with E-state index in [2.05, 4.69) is 39.5 Å². The first-order valence-corrected chi connectivity index (χ1v) is 8.87. The summed E-state index contributed by atoms with van der Waals surface area (Å²) in [6.45, 7) is 1.90. The number of benzene rings is 1. The maximum absolute atomic E-state index is 11.9. The number of guanidine groups is 1. The maximum atomic E-state index is 11.9. The predicted molar refractivity (Wildman–Crippen MR) is 103 cm³/mol. The monoisotopic (exact) mass is 359 g/mol. The van der Waals surface area contributed by atoms with Gasteiger partial charge in [0, 0.05) is 47.2 Å². The molecule has 0 aromatic heterocycles. The van der Waals surface area contributed by atoms with Gasteiger partial charge in [-0.25, -0.2) is 4.99 Å². The van der Waals surface area contributed by atoms with Crippen LogP contribution in [0, 0.1) is 0 Å². The number of nitrogens with one attached hydrogen (secondary N) is 1. The Morgan fingerprint density at radius 2 is 1.77 bits per heavy atom. The van der Waals surface area contributed by atoms with Gasteiger partial charge in [-0.05, 0) is 12.0 Å². The predicted octanol–water partition coefficient (Wildman–Crippen LogP) is 0.598. The van der Waals surface area contributed by atoms with Crippen molar-refractivity contribution >= 4 is 17.8 Å². The van der Waals surface area contributed by atoms with Gasteiger partial charge in [0.25, 0.3) is 0 Å². The van der Waals surface area contributed by atoms with Gasteiger partial charge in [-0.2, -0.15) is 0 Å². The van der Waals surface area contributed by atoms with Crippen LogP contribution in [0.5, 0.6) is 0 Å². The number of nitrogens with zero attached hydrogens (tertiary/aromatic N) is 4. The summed E-state index contributed by atoms with van der Waals surface area (Å²) in [6, 6.07) is 10.4. The number of likely N-dealkylation sites (tertiary alicyclic amines) is 1. The van der Waals surface area contributed by atoms with E-state index in [0.717, 1.165) is 19.5 Å². The molecule has 1 saturated heterocycles. The molecule has 2 rings (SSSR count). The standard InChI is InChI=1S/C19H29N5O2/c1-22(2)17(25)12-20-19(21-13-18(26)23(3)4)24-11-10-16(14-24)15-8-6-5-7-9-15/h5-9,16H,10-14H2,1-4H3,(H,20,21). The highest BCUT2D eigenvalue weighted by Crippen LogP contribution is 2.26. The van der Waals surface area contributed by atoms with Crippen LogP contribution in [-0.2, 0) is 9.59 Å². The van der Waals surface area contributed by atoms with Crippen LogP contribution < -0.4 is 5.32 Å². The van der Waals surface area contributed by atoms with Crippen molar-refractivity contribution in [3.8, 4) is 0 Å². The van der Waals surface area contributed by atoms with E-state index in [9.17, 15) is 9.59 Å². The van der Waals surface area contributed by atoms with E-state index in [1.807, 2.05) is 6.07 Å². The summed E-state index contributed by atoms with van der Waals surface area (Å²) >= 11 is 0. The maximum Gasteiger partial charge on any atom is 0.243 e. The van der Waals surface area contributed by atoms with Crippen LogP contribution in [0.1, 0.15) is 17.9 Å². The molecule has 1 heterocycles. The zero-order chi connectivity index (χ0) is 19.1. The highest BCUT2D eigenvalue weighted by atomic mass is 16.2. The second-order valence-corrected chi connectivity index (χ2v) is 6.91. The number of hydrogen-bond acceptors (Lipinski definition) is 3. The number of rotatable bonds is 5. The first kappa shape index (κ1) is 19.8. The molecular formula is C19H29N5O2. The second kappa shape index (κ2) is 9.22. The Hall–Kier alpha value is -2.57. The minimum Gasteiger partial charge on any atom is -0.347 e. The van der Waals surface area contributed by atoms with Crippen LogP contribution in [0.4, 0.5) is 0 Å². The molecule has 0 saturated carbocycles. The number of hydrogen-bond donors (Lipinski definition) is 1. The van der Waals surface area contributed by atoms with Crippen molar-refractivity contribution in [1.82, 2.24) is 20.0 Å². The highest BCUT2D eigenvalue weighted by Gasteiger charge is 2.26. The molecule has 26 heavy (non-hydrogen) atoms. The molecule has 2 amide bonds. The van der Waals surface area contributed by atoms with E-state index in [1.54, 1.807) is 28.2 Å². The summed E-state index contributed by atoms with van der Waals surface area (Å²) in [6.07, 6.45) is 1.02. The van der Waals surface area contributed by atoms with Crippen molar-refractivity contribution in [2.45, 2.75) is 12.3 Å². The van der Waals surface area contributed by atoms with Gasteiger partial charge in [0.15, 0.2) is 5.96 Å². The molecule has 7 nitrogen and oxygen atoms in total. The summed E-state index contributed by atoms with van der Waals surface area (Å²) in [7, 11) is 6.86. The van der Waals surface area contributed by atoms with Crippen molar-refractivity contribution in [2.24, 2.45) is 4.99 Å². The molecule has 1 aliphatic rings. The molecule has 1 aliphatic heterocycles. The molecule has 1 atom stereocenters. The lowest BCUT2D eigenvalue weighted by Gasteiger charge is -2.23. The number of carbonyl (C=O) groups is 2. The van der Waals surface area contributed by atoms with Crippen molar-refractivity contribution in [3.05, 3.63) is 35.9 Å². The molecule has 1 aromatic carbocycles. The second-order valence-electron chi connectivity index (χ2n) is 6.91. The summed E-state index contributed by atoms with van der Waals surface area (Å²) in [5.41, 5.74) is 1.31. The summed E-state index contributed by atoms with van der Waals surface area (Å²) < 4.78 is 0. The Morgan fingerprint density at radius 3 is 2.38 bits per heavy atom. The molecule has 0 bridgehead atoms. The lowest BCUT2D eigenvalue weighted by atomic mass is 9.99. The summed E-state index contributed by atoms with van der Waals surface area (Å²) in [5, 5.41) is 3.12. The van der Waals surface area contributed by atoms with Crippen LogP contribution >= 0.6 is 0 Å². The fourth-order valence-electron chi connectivity index (χ4n) is 2.81. The zero-order valence-corrected chi connectivity index (χ0v) is 16.1. The van der Waals surface area contributed by atoms with Crippen LogP contribution in [0.25, 0.3) is 0 Å². The largest absolute Gasteiger partial charge is 0.347 e. The first-order valence-electron chi connectivity index (χ1n) is 8.87. The third-order valence-electron chi connectivity index (χ3n) is 4.52. The molecule has 1 fully saturated rings. The highest BCUT2D eigenvalue weighted by molar-refractivity contribution is 5.88. The van der Waals surface area contributed by atoms with Gasteiger partial charge in [0.05, 0.1) is 6.54 Å². The minimum absolute atomic E-state index is 0.0320. The average molecular weight is 359 g/mol. The minimum atomic E-state index is -0.0676. The molecule has 1 unspecified atom stereocenters. The van der Waals surface area contributed by atoms with Gasteiger partial charge in [-0.15, -0.1) is 0 Å². The average Bonchev–Trinajstić information content (AvgIpc) is 3.11.